The zero-order valence-electron chi connectivity index (χ0n) is 12.1. The van der Waals surface area contributed by atoms with E-state index in [9.17, 15) is 10.2 Å². The van der Waals surface area contributed by atoms with Gasteiger partial charge in [-0.3, -0.25) is 0 Å². The van der Waals surface area contributed by atoms with E-state index < -0.39 is 0 Å². The van der Waals surface area contributed by atoms with Crippen LogP contribution in [0.5, 0.6) is 11.5 Å². The Morgan fingerprint density at radius 2 is 2.19 bits per heavy atom. The summed E-state index contributed by atoms with van der Waals surface area (Å²) < 4.78 is 2.15. The lowest BCUT2D eigenvalue weighted by atomic mass is 10.0. The number of benzene rings is 1. The van der Waals surface area contributed by atoms with Crippen LogP contribution in [0.25, 0.3) is 0 Å². The fraction of sp³-hybridized carbons (Fsp3) is 0.438. The molecular formula is C16H21N3O2. The van der Waals surface area contributed by atoms with Gasteiger partial charge in [-0.25, -0.2) is 4.98 Å². The third-order valence-corrected chi connectivity index (χ3v) is 4.33. The Morgan fingerprint density at radius 3 is 2.95 bits per heavy atom. The van der Waals surface area contributed by atoms with Gasteiger partial charge in [-0.1, -0.05) is 0 Å². The van der Waals surface area contributed by atoms with Crippen molar-refractivity contribution in [2.75, 3.05) is 0 Å². The number of hydrogen-bond acceptors (Lipinski definition) is 4. The molecule has 1 heterocycles. The minimum absolute atomic E-state index is 0.0220. The van der Waals surface area contributed by atoms with Crippen LogP contribution in [-0.4, -0.2) is 25.8 Å². The van der Waals surface area contributed by atoms with Crippen LogP contribution >= 0.6 is 0 Å². The molecule has 112 valence electrons. The van der Waals surface area contributed by atoms with E-state index >= 15 is 0 Å². The molecule has 3 rings (SSSR count). The van der Waals surface area contributed by atoms with Gasteiger partial charge in [-0.05, 0) is 44.4 Å². The molecule has 0 spiro atoms. The molecular weight excluding hydrogens is 266 g/mol. The van der Waals surface area contributed by atoms with Crippen LogP contribution in [0.2, 0.25) is 0 Å². The molecule has 3 unspecified atom stereocenters. The van der Waals surface area contributed by atoms with Crippen LogP contribution in [0.1, 0.15) is 43.8 Å². The predicted octanol–water partition coefficient (Wildman–Crippen LogP) is 2.74. The molecule has 1 fully saturated rings. The van der Waals surface area contributed by atoms with Crippen LogP contribution in [0.3, 0.4) is 0 Å². The van der Waals surface area contributed by atoms with Gasteiger partial charge in [0, 0.05) is 36.1 Å². The minimum Gasteiger partial charge on any atom is -0.508 e. The molecule has 0 saturated heterocycles. The predicted molar refractivity (Wildman–Crippen MR) is 80.2 cm³/mol. The molecule has 5 nitrogen and oxygen atoms in total. The first kappa shape index (κ1) is 13.9. The van der Waals surface area contributed by atoms with Crippen molar-refractivity contribution in [1.82, 2.24) is 14.9 Å². The Hall–Kier alpha value is -2.01. The summed E-state index contributed by atoms with van der Waals surface area (Å²) in [5, 5.41) is 23.1. The number of rotatable bonds is 4. The van der Waals surface area contributed by atoms with Crippen molar-refractivity contribution in [3.8, 4) is 11.5 Å². The Labute approximate surface area is 124 Å². The lowest BCUT2D eigenvalue weighted by Crippen LogP contribution is -2.35. The Bertz CT molecular complexity index is 598. The highest BCUT2D eigenvalue weighted by atomic mass is 16.3. The summed E-state index contributed by atoms with van der Waals surface area (Å²) in [6, 6.07) is 5.37. The lowest BCUT2D eigenvalue weighted by Gasteiger charge is -2.26. The summed E-state index contributed by atoms with van der Waals surface area (Å²) in [6.07, 6.45) is 9.08. The summed E-state index contributed by atoms with van der Waals surface area (Å²) in [6.45, 7) is 2.01. The summed E-state index contributed by atoms with van der Waals surface area (Å²) in [7, 11) is 0. The van der Waals surface area contributed by atoms with E-state index in [0.29, 0.717) is 12.1 Å². The molecule has 0 radical (unpaired) electrons. The highest BCUT2D eigenvalue weighted by molar-refractivity contribution is 5.40. The maximum Gasteiger partial charge on any atom is 0.120 e. The SMILES string of the molecule is CC(NC1CCCC1n1ccnc1)c1cc(O)ccc1O. The fourth-order valence-electron chi connectivity index (χ4n) is 3.26. The summed E-state index contributed by atoms with van der Waals surface area (Å²) in [5.41, 5.74) is 0.728. The van der Waals surface area contributed by atoms with E-state index in [1.165, 1.54) is 18.6 Å². The first-order chi connectivity index (χ1) is 10.1. The zero-order valence-corrected chi connectivity index (χ0v) is 12.1. The summed E-state index contributed by atoms with van der Waals surface area (Å²) in [5.74, 6) is 0.388. The van der Waals surface area contributed by atoms with E-state index in [1.807, 2.05) is 19.4 Å². The molecule has 0 amide bonds. The van der Waals surface area contributed by atoms with Crippen molar-refractivity contribution in [3.05, 3.63) is 42.5 Å². The number of aromatic nitrogens is 2. The second-order valence-electron chi connectivity index (χ2n) is 5.75. The standard InChI is InChI=1S/C16H21N3O2/c1-11(13-9-12(20)5-6-16(13)21)18-14-3-2-4-15(14)19-8-7-17-10-19/h5-11,14-15,18,20-21H,2-4H2,1H3. The normalized spacial score (nSPS) is 23.3. The lowest BCUT2D eigenvalue weighted by molar-refractivity contribution is 0.355. The molecule has 3 atom stereocenters. The Balaban J connectivity index is 1.74. The molecule has 2 aromatic rings. The maximum absolute atomic E-state index is 9.96. The molecule has 1 aliphatic carbocycles. The third-order valence-electron chi connectivity index (χ3n) is 4.33. The van der Waals surface area contributed by atoms with Crippen molar-refractivity contribution >= 4 is 0 Å². The zero-order chi connectivity index (χ0) is 14.8. The van der Waals surface area contributed by atoms with Crippen molar-refractivity contribution in [2.24, 2.45) is 0 Å². The topological polar surface area (TPSA) is 70.3 Å². The molecule has 3 N–H and O–H groups in total. The molecule has 1 aliphatic rings. The number of imidazole rings is 1. The first-order valence-corrected chi connectivity index (χ1v) is 7.40. The van der Waals surface area contributed by atoms with Crippen molar-refractivity contribution in [1.29, 1.82) is 0 Å². The second kappa shape index (κ2) is 5.77. The minimum atomic E-state index is -0.0220. The van der Waals surface area contributed by atoms with Crippen molar-refractivity contribution in [2.45, 2.75) is 44.3 Å². The van der Waals surface area contributed by atoms with E-state index in [4.69, 9.17) is 0 Å². The number of aromatic hydroxyl groups is 2. The monoisotopic (exact) mass is 287 g/mol. The first-order valence-electron chi connectivity index (χ1n) is 7.40. The highest BCUT2D eigenvalue weighted by Gasteiger charge is 2.29. The van der Waals surface area contributed by atoms with E-state index in [2.05, 4.69) is 14.9 Å². The van der Waals surface area contributed by atoms with Crippen LogP contribution in [0.4, 0.5) is 0 Å². The molecule has 1 aromatic carbocycles. The highest BCUT2D eigenvalue weighted by Crippen LogP contribution is 2.34. The number of nitrogens with zero attached hydrogens (tertiary/aromatic N) is 2. The largest absolute Gasteiger partial charge is 0.508 e. The number of phenols is 2. The van der Waals surface area contributed by atoms with Crippen LogP contribution < -0.4 is 5.32 Å². The van der Waals surface area contributed by atoms with E-state index in [0.717, 1.165) is 18.4 Å². The van der Waals surface area contributed by atoms with Gasteiger partial charge in [-0.2, -0.15) is 0 Å². The molecule has 1 aromatic heterocycles. The quantitative estimate of drug-likeness (QED) is 0.756. The van der Waals surface area contributed by atoms with Crippen molar-refractivity contribution in [3.63, 3.8) is 0 Å². The van der Waals surface area contributed by atoms with E-state index in [1.54, 1.807) is 12.3 Å². The number of phenolic OH excluding ortho intramolecular Hbond substituents is 2. The van der Waals surface area contributed by atoms with Gasteiger partial charge in [0.05, 0.1) is 6.33 Å². The molecule has 1 saturated carbocycles. The van der Waals surface area contributed by atoms with Gasteiger partial charge >= 0.3 is 0 Å². The Kier molecular flexibility index (Phi) is 3.84. The average molecular weight is 287 g/mol. The van der Waals surface area contributed by atoms with Crippen molar-refractivity contribution < 1.29 is 10.2 Å². The maximum atomic E-state index is 9.96. The molecule has 0 bridgehead atoms. The molecule has 21 heavy (non-hydrogen) atoms. The third kappa shape index (κ3) is 2.88. The fourth-order valence-corrected chi connectivity index (χ4v) is 3.26. The summed E-state index contributed by atoms with van der Waals surface area (Å²) >= 11 is 0. The van der Waals surface area contributed by atoms with Gasteiger partial charge in [0.2, 0.25) is 0 Å². The smallest absolute Gasteiger partial charge is 0.120 e. The Morgan fingerprint density at radius 1 is 1.33 bits per heavy atom. The molecule has 5 heteroatoms. The summed E-state index contributed by atoms with van der Waals surface area (Å²) in [4.78, 5) is 4.13. The number of nitrogens with one attached hydrogen (secondary N) is 1. The van der Waals surface area contributed by atoms with Gasteiger partial charge in [0.1, 0.15) is 11.5 Å². The van der Waals surface area contributed by atoms with Gasteiger partial charge in [0.15, 0.2) is 0 Å². The number of hydrogen-bond donors (Lipinski definition) is 3. The van der Waals surface area contributed by atoms with Gasteiger partial charge < -0.3 is 20.1 Å². The van der Waals surface area contributed by atoms with Crippen LogP contribution in [0, 0.1) is 0 Å². The van der Waals surface area contributed by atoms with Gasteiger partial charge in [-0.15, -0.1) is 0 Å². The average Bonchev–Trinajstić information content (AvgIpc) is 3.11. The van der Waals surface area contributed by atoms with Crippen LogP contribution in [-0.2, 0) is 0 Å². The second-order valence-corrected chi connectivity index (χ2v) is 5.75. The van der Waals surface area contributed by atoms with E-state index in [-0.39, 0.29) is 17.5 Å². The molecule has 0 aliphatic heterocycles. The van der Waals surface area contributed by atoms with Crippen LogP contribution in [0.15, 0.2) is 36.9 Å². The van der Waals surface area contributed by atoms with Gasteiger partial charge in [0.25, 0.3) is 0 Å².